The molecule has 5 aromatic rings. The Hall–Kier alpha value is -4.60. The number of hydrogen-bond acceptors (Lipinski definition) is 6. The van der Waals surface area contributed by atoms with Gasteiger partial charge in [0, 0.05) is 10.0 Å². The minimum absolute atomic E-state index is 0.147. The first kappa shape index (κ1) is 29.5. The third-order valence-corrected chi connectivity index (χ3v) is 8.57. The molecule has 0 N–H and O–H groups in total. The summed E-state index contributed by atoms with van der Waals surface area (Å²) in [4.78, 5) is 32.7. The summed E-state index contributed by atoms with van der Waals surface area (Å²) in [7, 11) is 0. The van der Waals surface area contributed by atoms with E-state index in [4.69, 9.17) is 14.5 Å². The van der Waals surface area contributed by atoms with E-state index in [0.29, 0.717) is 38.5 Å². The van der Waals surface area contributed by atoms with Gasteiger partial charge in [-0.2, -0.15) is 0 Å². The Balaban J connectivity index is 1.42. The van der Waals surface area contributed by atoms with Crippen molar-refractivity contribution in [2.75, 3.05) is 6.61 Å². The predicted octanol–water partition coefficient (Wildman–Crippen LogP) is 6.42. The van der Waals surface area contributed by atoms with Gasteiger partial charge in [-0.05, 0) is 66.1 Å². The molecule has 2 heterocycles. The quantitative estimate of drug-likeness (QED) is 0.179. The summed E-state index contributed by atoms with van der Waals surface area (Å²) < 4.78 is 28.3. The Morgan fingerprint density at radius 3 is 2.36 bits per heavy atom. The maximum atomic E-state index is 14.0. The molecule has 9 heteroatoms. The van der Waals surface area contributed by atoms with Gasteiger partial charge in [0.25, 0.3) is 5.56 Å². The van der Waals surface area contributed by atoms with Crippen molar-refractivity contribution >= 4 is 45.0 Å². The Morgan fingerprint density at radius 1 is 0.977 bits per heavy atom. The summed E-state index contributed by atoms with van der Waals surface area (Å²) in [6.07, 6.45) is 1.79. The van der Waals surface area contributed by atoms with Gasteiger partial charge in [0.05, 0.1) is 28.5 Å². The van der Waals surface area contributed by atoms with Gasteiger partial charge < -0.3 is 9.47 Å². The Morgan fingerprint density at radius 2 is 1.68 bits per heavy atom. The summed E-state index contributed by atoms with van der Waals surface area (Å²) in [5.74, 6) is -0.303. The van der Waals surface area contributed by atoms with E-state index in [1.165, 1.54) is 28.0 Å². The second-order valence-corrected chi connectivity index (χ2v) is 11.9. The molecule has 6 rings (SSSR count). The number of fused-ring (bicyclic) bond motifs is 1. The van der Waals surface area contributed by atoms with E-state index in [-0.39, 0.29) is 17.7 Å². The molecule has 0 amide bonds. The molecule has 220 valence electrons. The fraction of sp³-hybridized carbons (Fsp3) is 0.114. The number of carbonyl (C=O) groups is 1. The molecule has 44 heavy (non-hydrogen) atoms. The highest BCUT2D eigenvalue weighted by Gasteiger charge is 2.35. The molecule has 6 nitrogen and oxygen atoms in total. The van der Waals surface area contributed by atoms with Crippen molar-refractivity contribution in [1.82, 2.24) is 4.57 Å². The van der Waals surface area contributed by atoms with Gasteiger partial charge in [0.15, 0.2) is 4.80 Å². The monoisotopic (exact) mass is 668 g/mol. The fourth-order valence-corrected chi connectivity index (χ4v) is 6.23. The second kappa shape index (κ2) is 13.0. The molecule has 0 unspecified atom stereocenters. The molecule has 1 aliphatic rings. The summed E-state index contributed by atoms with van der Waals surface area (Å²) in [6, 6.07) is 29.6. The molecular formula is C35H26BrFN2O4S. The lowest BCUT2D eigenvalue weighted by atomic mass is 9.93. The largest absolute Gasteiger partial charge is 0.489 e. The summed E-state index contributed by atoms with van der Waals surface area (Å²) >= 11 is 4.67. The topological polar surface area (TPSA) is 69.9 Å². The van der Waals surface area contributed by atoms with Crippen LogP contribution in [0.4, 0.5) is 4.39 Å². The van der Waals surface area contributed by atoms with Crippen LogP contribution in [0.25, 0.3) is 11.8 Å². The number of aromatic nitrogens is 1. The van der Waals surface area contributed by atoms with Gasteiger partial charge in [0.1, 0.15) is 18.2 Å². The van der Waals surface area contributed by atoms with Crippen LogP contribution in [0.3, 0.4) is 0 Å². The SMILES string of the molecule is CCOC(=O)C1=C(c2ccccc2)N=c2s/c(=C\c3ccc(OCc4ccc(Br)cc4)cc3)c(=O)n2[C@@H]1c1ccc(F)cc1. The molecule has 0 radical (unpaired) electrons. The highest BCUT2D eigenvalue weighted by molar-refractivity contribution is 9.10. The van der Waals surface area contributed by atoms with Crippen LogP contribution in [-0.4, -0.2) is 17.1 Å². The molecule has 0 fully saturated rings. The van der Waals surface area contributed by atoms with E-state index in [0.717, 1.165) is 15.6 Å². The molecule has 1 atom stereocenters. The van der Waals surface area contributed by atoms with Crippen LogP contribution < -0.4 is 19.6 Å². The lowest BCUT2D eigenvalue weighted by molar-refractivity contribution is -0.138. The van der Waals surface area contributed by atoms with Crippen LogP contribution in [0.15, 0.2) is 123 Å². The van der Waals surface area contributed by atoms with Crippen molar-refractivity contribution < 1.29 is 18.7 Å². The molecule has 1 aliphatic heterocycles. The molecular weight excluding hydrogens is 643 g/mol. The van der Waals surface area contributed by atoms with Gasteiger partial charge >= 0.3 is 5.97 Å². The van der Waals surface area contributed by atoms with Crippen LogP contribution >= 0.6 is 27.3 Å². The van der Waals surface area contributed by atoms with Gasteiger partial charge in [-0.3, -0.25) is 9.36 Å². The van der Waals surface area contributed by atoms with E-state index in [1.54, 1.807) is 25.1 Å². The van der Waals surface area contributed by atoms with Crippen LogP contribution in [0.1, 0.15) is 35.2 Å². The lowest BCUT2D eigenvalue weighted by Gasteiger charge is -2.25. The number of esters is 1. The lowest BCUT2D eigenvalue weighted by Crippen LogP contribution is -2.40. The molecule has 0 spiro atoms. The number of rotatable bonds is 8. The van der Waals surface area contributed by atoms with Crippen LogP contribution in [0, 0.1) is 5.82 Å². The first-order chi connectivity index (χ1) is 21.4. The number of hydrogen-bond donors (Lipinski definition) is 0. The summed E-state index contributed by atoms with van der Waals surface area (Å²) in [5, 5.41) is 0. The zero-order valence-electron chi connectivity index (χ0n) is 23.6. The van der Waals surface area contributed by atoms with Crippen molar-refractivity contribution in [3.8, 4) is 5.75 Å². The average Bonchev–Trinajstić information content (AvgIpc) is 3.35. The van der Waals surface area contributed by atoms with E-state index in [2.05, 4.69) is 15.9 Å². The van der Waals surface area contributed by atoms with Crippen molar-refractivity contribution in [2.24, 2.45) is 4.99 Å². The molecule has 0 bridgehead atoms. The van der Waals surface area contributed by atoms with E-state index >= 15 is 0 Å². The minimum atomic E-state index is -0.863. The van der Waals surface area contributed by atoms with Gasteiger partial charge in [-0.1, -0.05) is 94.0 Å². The van der Waals surface area contributed by atoms with Crippen molar-refractivity contribution in [2.45, 2.75) is 19.6 Å². The smallest absolute Gasteiger partial charge is 0.338 e. The molecule has 0 saturated carbocycles. The van der Waals surface area contributed by atoms with Gasteiger partial charge in [-0.15, -0.1) is 0 Å². The maximum absolute atomic E-state index is 14.0. The summed E-state index contributed by atoms with van der Waals surface area (Å²) in [6.45, 7) is 2.30. The van der Waals surface area contributed by atoms with E-state index in [1.807, 2.05) is 78.9 Å². The Labute approximate surface area is 265 Å². The Bertz CT molecular complexity index is 2020. The van der Waals surface area contributed by atoms with Crippen LogP contribution in [0.5, 0.6) is 5.75 Å². The standard InChI is InChI=1S/C35H26BrFN2O4S/c1-2-42-34(41)30-31(24-6-4-3-5-7-24)38-35-39(32(30)25-12-16-27(37)17-13-25)33(40)29(44-35)20-22-10-18-28(19-11-22)43-21-23-8-14-26(36)15-9-23/h3-20,32H,2,21H2,1H3/b29-20-/t32-/m1/s1. The Kier molecular flexibility index (Phi) is 8.67. The second-order valence-electron chi connectivity index (χ2n) is 9.97. The fourth-order valence-electron chi connectivity index (χ4n) is 4.96. The highest BCUT2D eigenvalue weighted by atomic mass is 79.9. The van der Waals surface area contributed by atoms with Crippen molar-refractivity contribution in [3.63, 3.8) is 0 Å². The molecule has 0 aliphatic carbocycles. The van der Waals surface area contributed by atoms with Crippen molar-refractivity contribution in [1.29, 1.82) is 0 Å². The number of ether oxygens (including phenoxy) is 2. The zero-order chi connectivity index (χ0) is 30.6. The third kappa shape index (κ3) is 6.20. The predicted molar refractivity (Wildman–Crippen MR) is 172 cm³/mol. The molecule has 0 saturated heterocycles. The normalized spacial score (nSPS) is 14.6. The number of benzene rings is 4. The maximum Gasteiger partial charge on any atom is 0.338 e. The highest BCUT2D eigenvalue weighted by Crippen LogP contribution is 2.35. The van der Waals surface area contributed by atoms with E-state index < -0.39 is 17.8 Å². The number of thiazole rings is 1. The van der Waals surface area contributed by atoms with Crippen LogP contribution in [0.2, 0.25) is 0 Å². The molecule has 1 aromatic heterocycles. The number of carbonyl (C=O) groups excluding carboxylic acids is 1. The average molecular weight is 670 g/mol. The van der Waals surface area contributed by atoms with Gasteiger partial charge in [0.2, 0.25) is 0 Å². The number of halogens is 2. The number of nitrogens with zero attached hydrogens (tertiary/aromatic N) is 2. The van der Waals surface area contributed by atoms with E-state index in [9.17, 15) is 14.0 Å². The summed E-state index contributed by atoms with van der Waals surface area (Å²) in [5.41, 5.74) is 3.45. The minimum Gasteiger partial charge on any atom is -0.489 e. The molecule has 4 aromatic carbocycles. The third-order valence-electron chi connectivity index (χ3n) is 7.06. The van der Waals surface area contributed by atoms with Gasteiger partial charge in [-0.25, -0.2) is 14.2 Å². The first-order valence-corrected chi connectivity index (χ1v) is 15.5. The van der Waals surface area contributed by atoms with Crippen molar-refractivity contribution in [3.05, 3.63) is 161 Å². The van der Waals surface area contributed by atoms with Crippen LogP contribution in [-0.2, 0) is 16.1 Å². The first-order valence-electron chi connectivity index (χ1n) is 13.9. The zero-order valence-corrected chi connectivity index (χ0v) is 26.0.